The Morgan fingerprint density at radius 3 is 2.74 bits per heavy atom. The zero-order chi connectivity index (χ0) is 15.8. The summed E-state index contributed by atoms with van der Waals surface area (Å²) in [7, 11) is 1.89. The minimum atomic E-state index is 0. The summed E-state index contributed by atoms with van der Waals surface area (Å²) in [6.07, 6.45) is 6.81. The molecule has 0 aromatic heterocycles. The average molecular weight is 455 g/mol. The second kappa shape index (κ2) is 11.8. The molecule has 2 aliphatic rings. The molecule has 1 heterocycles. The van der Waals surface area contributed by atoms with E-state index < -0.39 is 0 Å². The zero-order valence-corrected chi connectivity index (χ0v) is 18.1. The van der Waals surface area contributed by atoms with Gasteiger partial charge in [0.15, 0.2) is 5.96 Å². The van der Waals surface area contributed by atoms with E-state index in [0.717, 1.165) is 49.8 Å². The van der Waals surface area contributed by atoms with Gasteiger partial charge in [-0.3, -0.25) is 4.99 Å². The molecule has 1 N–H and O–H groups in total. The number of hydrogen-bond donors (Lipinski definition) is 1. The molecule has 2 rings (SSSR count). The van der Waals surface area contributed by atoms with Crippen LogP contribution in [0.5, 0.6) is 0 Å². The lowest BCUT2D eigenvalue weighted by molar-refractivity contribution is 0.0573. The number of halogens is 1. The molecule has 1 aliphatic carbocycles. The van der Waals surface area contributed by atoms with E-state index in [1.54, 1.807) is 0 Å². The second-order valence-corrected chi connectivity index (χ2v) is 8.05. The van der Waals surface area contributed by atoms with Gasteiger partial charge in [-0.1, -0.05) is 26.7 Å². The molecule has 23 heavy (non-hydrogen) atoms. The first-order valence-electron chi connectivity index (χ1n) is 8.89. The Morgan fingerprint density at radius 1 is 1.35 bits per heavy atom. The normalized spacial score (nSPS) is 23.2. The molecule has 0 amide bonds. The summed E-state index contributed by atoms with van der Waals surface area (Å²) in [4.78, 5) is 6.88. The Kier molecular flexibility index (Phi) is 10.9. The van der Waals surface area contributed by atoms with Crippen LogP contribution in [0.3, 0.4) is 0 Å². The maximum absolute atomic E-state index is 5.92. The smallest absolute Gasteiger partial charge is 0.193 e. The highest BCUT2D eigenvalue weighted by atomic mass is 127. The molecule has 1 unspecified atom stereocenters. The summed E-state index contributed by atoms with van der Waals surface area (Å²) in [6, 6.07) is 0. The van der Waals surface area contributed by atoms with Crippen LogP contribution in [0, 0.1) is 5.92 Å². The number of nitrogens with zero attached hydrogens (tertiary/aromatic N) is 2. The highest BCUT2D eigenvalue weighted by Crippen LogP contribution is 2.24. The molecule has 0 aromatic carbocycles. The van der Waals surface area contributed by atoms with E-state index in [4.69, 9.17) is 4.74 Å². The van der Waals surface area contributed by atoms with E-state index in [9.17, 15) is 0 Å². The predicted octanol–water partition coefficient (Wildman–Crippen LogP) is 3.60. The number of nitrogens with one attached hydrogen (secondary N) is 1. The van der Waals surface area contributed by atoms with Crippen LogP contribution in [0.1, 0.15) is 46.0 Å². The van der Waals surface area contributed by atoms with Crippen molar-refractivity contribution < 1.29 is 4.74 Å². The van der Waals surface area contributed by atoms with Crippen LogP contribution in [-0.4, -0.2) is 61.3 Å². The van der Waals surface area contributed by atoms with Crippen molar-refractivity contribution in [1.82, 2.24) is 10.2 Å². The molecule has 0 aromatic rings. The van der Waals surface area contributed by atoms with E-state index in [2.05, 4.69) is 40.8 Å². The predicted molar refractivity (Wildman–Crippen MR) is 112 cm³/mol. The molecule has 0 spiro atoms. The summed E-state index contributed by atoms with van der Waals surface area (Å²) < 4.78 is 5.92. The van der Waals surface area contributed by atoms with Gasteiger partial charge in [-0.2, -0.15) is 11.8 Å². The highest BCUT2D eigenvalue weighted by Gasteiger charge is 2.24. The van der Waals surface area contributed by atoms with E-state index >= 15 is 0 Å². The quantitative estimate of drug-likeness (QED) is 0.288. The monoisotopic (exact) mass is 455 g/mol. The number of guanidine groups is 1. The van der Waals surface area contributed by atoms with Crippen LogP contribution >= 0.6 is 35.7 Å². The van der Waals surface area contributed by atoms with Gasteiger partial charge in [0.25, 0.3) is 0 Å². The molecular weight excluding hydrogens is 421 g/mol. The van der Waals surface area contributed by atoms with Gasteiger partial charge in [-0.25, -0.2) is 0 Å². The molecule has 2 fully saturated rings. The van der Waals surface area contributed by atoms with Gasteiger partial charge >= 0.3 is 0 Å². The zero-order valence-electron chi connectivity index (χ0n) is 14.9. The third-order valence-electron chi connectivity index (χ3n) is 4.61. The van der Waals surface area contributed by atoms with Crippen molar-refractivity contribution in [2.45, 2.75) is 57.3 Å². The summed E-state index contributed by atoms with van der Waals surface area (Å²) in [5.41, 5.74) is 0. The maximum Gasteiger partial charge on any atom is 0.193 e. The maximum atomic E-state index is 5.92. The number of aliphatic imine (C=N–C) groups is 1. The molecule has 1 aliphatic heterocycles. The van der Waals surface area contributed by atoms with Gasteiger partial charge < -0.3 is 15.0 Å². The van der Waals surface area contributed by atoms with Gasteiger partial charge in [0.2, 0.25) is 0 Å². The molecule has 1 saturated carbocycles. The molecule has 4 nitrogen and oxygen atoms in total. The Morgan fingerprint density at radius 2 is 2.09 bits per heavy atom. The van der Waals surface area contributed by atoms with Crippen molar-refractivity contribution in [3.63, 3.8) is 0 Å². The summed E-state index contributed by atoms with van der Waals surface area (Å²) >= 11 is 2.10. The number of rotatable bonds is 6. The third kappa shape index (κ3) is 7.38. The largest absolute Gasteiger partial charge is 0.378 e. The standard InChI is InChI=1S/C17H33N3OS.HI/c1-14(2)16-13-20(10-12-22-16)17(18-3)19-9-6-11-21-15-7-4-5-8-15;/h14-16H,4-13H2,1-3H3,(H,18,19);1H. The van der Waals surface area contributed by atoms with Crippen LogP contribution in [0.15, 0.2) is 4.99 Å². The highest BCUT2D eigenvalue weighted by molar-refractivity contribution is 14.0. The molecule has 0 bridgehead atoms. The van der Waals surface area contributed by atoms with E-state index in [-0.39, 0.29) is 24.0 Å². The van der Waals surface area contributed by atoms with Crippen molar-refractivity contribution in [3.8, 4) is 0 Å². The summed E-state index contributed by atoms with van der Waals surface area (Å²) in [5, 5.41) is 4.23. The van der Waals surface area contributed by atoms with E-state index in [1.165, 1.54) is 31.4 Å². The molecule has 6 heteroatoms. The number of hydrogen-bond acceptors (Lipinski definition) is 3. The average Bonchev–Trinajstić information content (AvgIpc) is 3.04. The lowest BCUT2D eigenvalue weighted by atomic mass is 10.1. The van der Waals surface area contributed by atoms with Gasteiger partial charge in [0, 0.05) is 44.3 Å². The van der Waals surface area contributed by atoms with Crippen molar-refractivity contribution >= 4 is 41.7 Å². The van der Waals surface area contributed by atoms with Crippen LogP contribution in [-0.2, 0) is 4.74 Å². The Hall–Kier alpha value is 0.310. The van der Waals surface area contributed by atoms with Crippen molar-refractivity contribution in [2.75, 3.05) is 39.0 Å². The lowest BCUT2D eigenvalue weighted by Crippen LogP contribution is -2.49. The fourth-order valence-electron chi connectivity index (χ4n) is 3.18. The topological polar surface area (TPSA) is 36.9 Å². The second-order valence-electron chi connectivity index (χ2n) is 6.70. The van der Waals surface area contributed by atoms with Gasteiger partial charge in [-0.15, -0.1) is 24.0 Å². The van der Waals surface area contributed by atoms with Crippen LogP contribution in [0.4, 0.5) is 0 Å². The van der Waals surface area contributed by atoms with Crippen molar-refractivity contribution in [1.29, 1.82) is 0 Å². The van der Waals surface area contributed by atoms with E-state index in [1.807, 2.05) is 7.05 Å². The van der Waals surface area contributed by atoms with Gasteiger partial charge in [-0.05, 0) is 25.2 Å². The van der Waals surface area contributed by atoms with Crippen LogP contribution in [0.25, 0.3) is 0 Å². The van der Waals surface area contributed by atoms with Gasteiger partial charge in [0.1, 0.15) is 0 Å². The minimum absolute atomic E-state index is 0. The first-order chi connectivity index (χ1) is 10.7. The fraction of sp³-hybridized carbons (Fsp3) is 0.941. The molecule has 1 saturated heterocycles. The summed E-state index contributed by atoms with van der Waals surface area (Å²) in [5.74, 6) is 2.99. The van der Waals surface area contributed by atoms with Crippen LogP contribution < -0.4 is 5.32 Å². The minimum Gasteiger partial charge on any atom is -0.378 e. The van der Waals surface area contributed by atoms with Crippen molar-refractivity contribution in [2.24, 2.45) is 10.9 Å². The molecule has 0 radical (unpaired) electrons. The Balaban J connectivity index is 0.00000264. The van der Waals surface area contributed by atoms with Crippen LogP contribution in [0.2, 0.25) is 0 Å². The Labute approximate surface area is 163 Å². The molecular formula is C17H34IN3OS. The number of ether oxygens (including phenoxy) is 1. The molecule has 136 valence electrons. The SMILES string of the molecule is CN=C(NCCCOC1CCCC1)N1CCSC(C(C)C)C1.I. The Bertz CT molecular complexity index is 349. The number of thioether (sulfide) groups is 1. The van der Waals surface area contributed by atoms with Crippen molar-refractivity contribution in [3.05, 3.63) is 0 Å². The van der Waals surface area contributed by atoms with E-state index in [0.29, 0.717) is 6.10 Å². The fourth-order valence-corrected chi connectivity index (χ4v) is 4.48. The first-order valence-corrected chi connectivity index (χ1v) is 9.94. The summed E-state index contributed by atoms with van der Waals surface area (Å²) in [6.45, 7) is 8.68. The first kappa shape index (κ1) is 21.4. The third-order valence-corrected chi connectivity index (χ3v) is 6.15. The molecule has 1 atom stereocenters. The lowest BCUT2D eigenvalue weighted by Gasteiger charge is -2.36. The van der Waals surface area contributed by atoms with Gasteiger partial charge in [0.05, 0.1) is 6.10 Å².